The van der Waals surface area contributed by atoms with Gasteiger partial charge in [-0.25, -0.2) is 4.79 Å². The average molecular weight is 250 g/mol. The number of rotatable bonds is 5. The van der Waals surface area contributed by atoms with Gasteiger partial charge in [0.05, 0.1) is 0 Å². The molecule has 1 heterocycles. The van der Waals surface area contributed by atoms with Crippen LogP contribution in [0.5, 0.6) is 0 Å². The quantitative estimate of drug-likeness (QED) is 0.782. The molecule has 0 bridgehead atoms. The van der Waals surface area contributed by atoms with E-state index in [-0.39, 0.29) is 30.6 Å². The first-order valence-electron chi connectivity index (χ1n) is 5.80. The SMILES string of the molecule is O=C(CCn1c(C(=O)O)cccc1=O)NC1CC1. The van der Waals surface area contributed by atoms with Crippen molar-refractivity contribution in [2.24, 2.45) is 0 Å². The third-order valence-electron chi connectivity index (χ3n) is 2.77. The van der Waals surface area contributed by atoms with Crippen LogP contribution in [-0.4, -0.2) is 27.6 Å². The summed E-state index contributed by atoms with van der Waals surface area (Å²) < 4.78 is 1.11. The van der Waals surface area contributed by atoms with E-state index in [9.17, 15) is 14.4 Å². The zero-order valence-corrected chi connectivity index (χ0v) is 9.76. The maximum absolute atomic E-state index is 11.6. The number of carboxylic acid groups (broad SMARTS) is 1. The first-order chi connectivity index (χ1) is 8.58. The molecule has 1 aliphatic carbocycles. The van der Waals surface area contributed by atoms with Gasteiger partial charge in [-0.05, 0) is 18.9 Å². The molecule has 6 nitrogen and oxygen atoms in total. The molecule has 1 saturated carbocycles. The lowest BCUT2D eigenvalue weighted by atomic mass is 10.3. The molecule has 96 valence electrons. The Hall–Kier alpha value is -2.11. The van der Waals surface area contributed by atoms with Crippen molar-refractivity contribution in [3.05, 3.63) is 34.2 Å². The lowest BCUT2D eigenvalue weighted by Crippen LogP contribution is -2.30. The molecular weight excluding hydrogens is 236 g/mol. The van der Waals surface area contributed by atoms with Crippen molar-refractivity contribution in [2.75, 3.05) is 0 Å². The minimum absolute atomic E-state index is 0.0832. The molecule has 0 spiro atoms. The lowest BCUT2D eigenvalue weighted by Gasteiger charge is -2.09. The van der Waals surface area contributed by atoms with E-state index in [1.807, 2.05) is 0 Å². The van der Waals surface area contributed by atoms with Gasteiger partial charge in [0.25, 0.3) is 5.56 Å². The molecule has 1 amide bonds. The molecule has 0 saturated heterocycles. The van der Waals surface area contributed by atoms with E-state index < -0.39 is 11.5 Å². The second-order valence-electron chi connectivity index (χ2n) is 4.30. The summed E-state index contributed by atoms with van der Waals surface area (Å²) in [4.78, 5) is 34.0. The van der Waals surface area contributed by atoms with Gasteiger partial charge >= 0.3 is 5.97 Å². The third-order valence-corrected chi connectivity index (χ3v) is 2.77. The van der Waals surface area contributed by atoms with E-state index in [0.717, 1.165) is 17.4 Å². The zero-order valence-electron chi connectivity index (χ0n) is 9.76. The van der Waals surface area contributed by atoms with Gasteiger partial charge in [0.1, 0.15) is 5.69 Å². The van der Waals surface area contributed by atoms with Crippen LogP contribution in [0.3, 0.4) is 0 Å². The smallest absolute Gasteiger partial charge is 0.352 e. The Bertz CT molecular complexity index is 531. The number of amides is 1. The second kappa shape index (κ2) is 5.03. The summed E-state index contributed by atoms with van der Waals surface area (Å²) in [5.41, 5.74) is -0.504. The van der Waals surface area contributed by atoms with Crippen LogP contribution >= 0.6 is 0 Å². The molecule has 1 aromatic rings. The maximum atomic E-state index is 11.6. The number of hydrogen-bond acceptors (Lipinski definition) is 3. The summed E-state index contributed by atoms with van der Waals surface area (Å²) in [6.07, 6.45) is 2.11. The number of carboxylic acids is 1. The molecule has 2 N–H and O–H groups in total. The largest absolute Gasteiger partial charge is 0.477 e. The molecule has 0 unspecified atom stereocenters. The summed E-state index contributed by atoms with van der Waals surface area (Å²) in [6, 6.07) is 4.30. The molecule has 18 heavy (non-hydrogen) atoms. The zero-order chi connectivity index (χ0) is 13.1. The van der Waals surface area contributed by atoms with Gasteiger partial charge in [-0.3, -0.25) is 9.59 Å². The van der Waals surface area contributed by atoms with E-state index in [0.29, 0.717) is 0 Å². The monoisotopic (exact) mass is 250 g/mol. The topological polar surface area (TPSA) is 88.4 Å². The van der Waals surface area contributed by atoms with Crippen molar-refractivity contribution in [1.29, 1.82) is 0 Å². The van der Waals surface area contributed by atoms with Gasteiger partial charge in [0, 0.05) is 25.1 Å². The molecule has 6 heteroatoms. The van der Waals surface area contributed by atoms with E-state index in [1.165, 1.54) is 18.2 Å². The molecule has 1 fully saturated rings. The van der Waals surface area contributed by atoms with Gasteiger partial charge in [-0.15, -0.1) is 0 Å². The molecule has 0 atom stereocenters. The van der Waals surface area contributed by atoms with Crippen molar-refractivity contribution in [1.82, 2.24) is 9.88 Å². The third kappa shape index (κ3) is 2.97. The van der Waals surface area contributed by atoms with Gasteiger partial charge in [0.15, 0.2) is 0 Å². The summed E-state index contributed by atoms with van der Waals surface area (Å²) in [7, 11) is 0. The minimum Gasteiger partial charge on any atom is -0.477 e. The predicted molar refractivity (Wildman–Crippen MR) is 63.4 cm³/mol. The van der Waals surface area contributed by atoms with Crippen LogP contribution in [-0.2, 0) is 11.3 Å². The maximum Gasteiger partial charge on any atom is 0.352 e. The first kappa shape index (κ1) is 12.3. The highest BCUT2D eigenvalue weighted by molar-refractivity contribution is 5.85. The highest BCUT2D eigenvalue weighted by Crippen LogP contribution is 2.18. The lowest BCUT2D eigenvalue weighted by molar-refractivity contribution is -0.121. The van der Waals surface area contributed by atoms with Crippen molar-refractivity contribution >= 4 is 11.9 Å². The number of carbonyl (C=O) groups excluding carboxylic acids is 1. The molecular formula is C12H14N2O4. The van der Waals surface area contributed by atoms with Gasteiger partial charge < -0.3 is 15.0 Å². The van der Waals surface area contributed by atoms with Crippen LogP contribution in [0.25, 0.3) is 0 Å². The Labute approximate surface area is 103 Å². The normalized spacial score (nSPS) is 14.2. The fourth-order valence-corrected chi connectivity index (χ4v) is 1.68. The van der Waals surface area contributed by atoms with E-state index in [2.05, 4.69) is 5.32 Å². The number of nitrogens with one attached hydrogen (secondary N) is 1. The molecule has 0 aromatic carbocycles. The second-order valence-corrected chi connectivity index (χ2v) is 4.30. The van der Waals surface area contributed by atoms with Crippen molar-refractivity contribution in [3.8, 4) is 0 Å². The number of hydrogen-bond donors (Lipinski definition) is 2. The summed E-state index contributed by atoms with van der Waals surface area (Å²) >= 11 is 0. The van der Waals surface area contributed by atoms with Crippen LogP contribution in [0.2, 0.25) is 0 Å². The molecule has 1 aromatic heterocycles. The predicted octanol–water partition coefficient (Wildman–Crippen LogP) is 0.215. The summed E-state index contributed by atoms with van der Waals surface area (Å²) in [6.45, 7) is 0.0832. The van der Waals surface area contributed by atoms with Gasteiger partial charge in [0.2, 0.25) is 5.91 Å². The molecule has 1 aliphatic rings. The molecule has 2 rings (SSSR count). The number of nitrogens with zero attached hydrogens (tertiary/aromatic N) is 1. The van der Waals surface area contributed by atoms with Crippen LogP contribution < -0.4 is 10.9 Å². The van der Waals surface area contributed by atoms with Crippen LogP contribution in [0.15, 0.2) is 23.0 Å². The number of aromatic carboxylic acids is 1. The fourth-order valence-electron chi connectivity index (χ4n) is 1.68. The summed E-state index contributed by atoms with van der Waals surface area (Å²) in [5, 5.41) is 11.7. The van der Waals surface area contributed by atoms with Gasteiger partial charge in [-0.2, -0.15) is 0 Å². The van der Waals surface area contributed by atoms with E-state index >= 15 is 0 Å². The fraction of sp³-hybridized carbons (Fsp3) is 0.417. The number of carbonyl (C=O) groups is 2. The standard InChI is InChI=1S/C12H14N2O4/c15-10(13-8-4-5-8)6-7-14-9(12(17)18)2-1-3-11(14)16/h1-3,8H,4-7H2,(H,13,15)(H,17,18). The highest BCUT2D eigenvalue weighted by atomic mass is 16.4. The Morgan fingerprint density at radius 3 is 2.72 bits per heavy atom. The van der Waals surface area contributed by atoms with Crippen LogP contribution in [0, 0.1) is 0 Å². The molecule has 0 radical (unpaired) electrons. The van der Waals surface area contributed by atoms with Gasteiger partial charge in [-0.1, -0.05) is 6.07 Å². The Balaban J connectivity index is 2.05. The van der Waals surface area contributed by atoms with Crippen LogP contribution in [0.1, 0.15) is 29.8 Å². The van der Waals surface area contributed by atoms with Crippen molar-refractivity contribution in [2.45, 2.75) is 31.8 Å². The van der Waals surface area contributed by atoms with E-state index in [1.54, 1.807) is 0 Å². The van der Waals surface area contributed by atoms with Crippen LogP contribution in [0.4, 0.5) is 0 Å². The van der Waals surface area contributed by atoms with Crippen molar-refractivity contribution in [3.63, 3.8) is 0 Å². The van der Waals surface area contributed by atoms with Crippen molar-refractivity contribution < 1.29 is 14.7 Å². The Morgan fingerprint density at radius 2 is 2.11 bits per heavy atom. The number of pyridine rings is 1. The first-order valence-corrected chi connectivity index (χ1v) is 5.80. The highest BCUT2D eigenvalue weighted by Gasteiger charge is 2.23. The summed E-state index contributed by atoms with van der Waals surface area (Å²) in [5.74, 6) is -1.32. The Morgan fingerprint density at radius 1 is 1.39 bits per heavy atom. The average Bonchev–Trinajstić information content (AvgIpc) is 3.10. The Kier molecular flexibility index (Phi) is 3.45. The minimum atomic E-state index is -1.17. The van der Waals surface area contributed by atoms with E-state index in [4.69, 9.17) is 5.11 Å². The molecule has 0 aliphatic heterocycles. The number of aromatic nitrogens is 1.